The molecule has 3 fully saturated rings. The Morgan fingerprint density at radius 3 is 2.67 bits per heavy atom. The molecule has 0 aromatic heterocycles. The van der Waals surface area contributed by atoms with Crippen LogP contribution >= 0.6 is 0 Å². The summed E-state index contributed by atoms with van der Waals surface area (Å²) in [5.74, 6) is 0.588. The van der Waals surface area contributed by atoms with Crippen molar-refractivity contribution >= 4 is 11.8 Å². The molecule has 0 unspecified atom stereocenters. The molecule has 6 nitrogen and oxygen atoms in total. The lowest BCUT2D eigenvalue weighted by molar-refractivity contribution is -0.160. The quantitative estimate of drug-likeness (QED) is 0.776. The topological polar surface area (TPSA) is 72.9 Å². The largest absolute Gasteiger partial charge is 0.379 e. The maximum Gasteiger partial charge on any atom is 0.255 e. The predicted octanol–water partition coefficient (Wildman–Crippen LogP) is 0.742. The number of aliphatic hydroxyl groups is 1. The van der Waals surface area contributed by atoms with E-state index in [9.17, 15) is 14.7 Å². The molecule has 2 amide bonds. The summed E-state index contributed by atoms with van der Waals surface area (Å²) in [7, 11) is 0. The molecule has 3 aliphatic rings. The highest BCUT2D eigenvalue weighted by Gasteiger charge is 2.43. The number of likely N-dealkylation sites (tertiary alicyclic amines) is 1. The molecule has 3 rings (SSSR count). The first-order valence-electron chi connectivity index (χ1n) is 9.58. The molecule has 2 heterocycles. The van der Waals surface area contributed by atoms with Crippen LogP contribution in [0.25, 0.3) is 0 Å². The molecule has 0 radical (unpaired) electrons. The van der Waals surface area contributed by atoms with Gasteiger partial charge in [-0.15, -0.1) is 0 Å². The van der Waals surface area contributed by atoms with Crippen molar-refractivity contribution in [1.82, 2.24) is 15.1 Å². The van der Waals surface area contributed by atoms with Gasteiger partial charge in [0.05, 0.1) is 6.54 Å². The Morgan fingerprint density at radius 1 is 1.12 bits per heavy atom. The Labute approximate surface area is 144 Å². The van der Waals surface area contributed by atoms with Crippen molar-refractivity contribution in [2.24, 2.45) is 5.92 Å². The lowest BCUT2D eigenvalue weighted by atomic mass is 9.86. The molecule has 136 valence electrons. The van der Waals surface area contributed by atoms with E-state index < -0.39 is 5.60 Å². The normalized spacial score (nSPS) is 30.5. The third kappa shape index (κ3) is 4.28. The zero-order valence-electron chi connectivity index (χ0n) is 14.6. The van der Waals surface area contributed by atoms with Crippen molar-refractivity contribution < 1.29 is 14.7 Å². The molecular weight excluding hydrogens is 306 g/mol. The maximum atomic E-state index is 12.8. The average molecular weight is 337 g/mol. The summed E-state index contributed by atoms with van der Waals surface area (Å²) in [5, 5.41) is 13.7. The summed E-state index contributed by atoms with van der Waals surface area (Å²) in [6, 6.07) is 0. The molecule has 1 atom stereocenters. The summed E-state index contributed by atoms with van der Waals surface area (Å²) in [4.78, 5) is 28.1. The third-order valence-electron chi connectivity index (χ3n) is 5.84. The van der Waals surface area contributed by atoms with Gasteiger partial charge >= 0.3 is 0 Å². The highest BCUT2D eigenvalue weighted by molar-refractivity contribution is 5.86. The number of piperazine rings is 1. The van der Waals surface area contributed by atoms with Crippen molar-refractivity contribution in [1.29, 1.82) is 0 Å². The van der Waals surface area contributed by atoms with Gasteiger partial charge in [0.15, 0.2) is 5.60 Å². The van der Waals surface area contributed by atoms with Gasteiger partial charge in [-0.25, -0.2) is 0 Å². The number of nitrogens with one attached hydrogen (secondary N) is 1. The Morgan fingerprint density at radius 2 is 1.92 bits per heavy atom. The smallest absolute Gasteiger partial charge is 0.255 e. The standard InChI is InChI=1S/C18H31N3O3/c22-16-13-20(12-9-19-16)14-18(24)8-4-10-21(17(18)23)11-7-15-5-2-1-3-6-15/h15,24H,1-14H2,(H,19,22)/t18-/m0/s1. The van der Waals surface area contributed by atoms with Crippen LogP contribution in [-0.2, 0) is 9.59 Å². The molecule has 24 heavy (non-hydrogen) atoms. The van der Waals surface area contributed by atoms with Crippen LogP contribution in [0.4, 0.5) is 0 Å². The summed E-state index contributed by atoms with van der Waals surface area (Å²) < 4.78 is 0. The van der Waals surface area contributed by atoms with E-state index in [2.05, 4.69) is 5.32 Å². The first-order valence-corrected chi connectivity index (χ1v) is 9.58. The lowest BCUT2D eigenvalue weighted by Gasteiger charge is -2.41. The Kier molecular flexibility index (Phi) is 5.76. The van der Waals surface area contributed by atoms with E-state index in [4.69, 9.17) is 0 Å². The molecule has 2 saturated heterocycles. The van der Waals surface area contributed by atoms with Gasteiger partial charge in [0.2, 0.25) is 5.91 Å². The monoisotopic (exact) mass is 337 g/mol. The number of piperidine rings is 1. The fraction of sp³-hybridized carbons (Fsp3) is 0.889. The fourth-order valence-electron chi connectivity index (χ4n) is 4.44. The lowest BCUT2D eigenvalue weighted by Crippen LogP contribution is -2.61. The molecule has 1 aliphatic carbocycles. The SMILES string of the molecule is O=C1CN(C[C@@]2(O)CCCN(CCC3CCCCC3)C2=O)CCN1. The number of nitrogens with zero attached hydrogens (tertiary/aromatic N) is 2. The number of rotatable bonds is 5. The first-order chi connectivity index (χ1) is 11.6. The van der Waals surface area contributed by atoms with E-state index in [1.165, 1.54) is 32.1 Å². The van der Waals surface area contributed by atoms with Crippen LogP contribution in [0, 0.1) is 5.92 Å². The Bertz CT molecular complexity index is 464. The number of β-amino-alcohol motifs (C(OH)–C–C–N with tert-alkyl or cyclic N) is 1. The van der Waals surface area contributed by atoms with Crippen LogP contribution in [0.2, 0.25) is 0 Å². The molecule has 1 saturated carbocycles. The number of hydrogen-bond donors (Lipinski definition) is 2. The molecule has 0 spiro atoms. The van der Waals surface area contributed by atoms with Crippen LogP contribution in [-0.4, -0.2) is 71.6 Å². The number of carbonyl (C=O) groups excluding carboxylic acids is 2. The van der Waals surface area contributed by atoms with Crippen LogP contribution in [0.5, 0.6) is 0 Å². The van der Waals surface area contributed by atoms with Gasteiger partial charge in [0.25, 0.3) is 5.91 Å². The number of hydrogen-bond acceptors (Lipinski definition) is 4. The summed E-state index contributed by atoms with van der Waals surface area (Å²) in [5.41, 5.74) is -1.32. The van der Waals surface area contributed by atoms with Gasteiger partial charge in [-0.05, 0) is 25.2 Å². The van der Waals surface area contributed by atoms with Gasteiger partial charge in [-0.1, -0.05) is 32.1 Å². The van der Waals surface area contributed by atoms with Gasteiger partial charge in [-0.3, -0.25) is 14.5 Å². The second-order valence-corrected chi connectivity index (χ2v) is 7.78. The van der Waals surface area contributed by atoms with Crippen molar-refractivity contribution in [3.8, 4) is 0 Å². The summed E-state index contributed by atoms with van der Waals surface area (Å²) in [6.07, 6.45) is 8.97. The number of amides is 2. The van der Waals surface area contributed by atoms with E-state index >= 15 is 0 Å². The second kappa shape index (κ2) is 7.83. The molecule has 2 N–H and O–H groups in total. The van der Waals surface area contributed by atoms with Crippen LogP contribution in [0.3, 0.4) is 0 Å². The van der Waals surface area contributed by atoms with Gasteiger partial charge in [0.1, 0.15) is 0 Å². The van der Waals surface area contributed by atoms with E-state index in [0.29, 0.717) is 19.5 Å². The van der Waals surface area contributed by atoms with Crippen molar-refractivity contribution in [3.63, 3.8) is 0 Å². The average Bonchev–Trinajstić information content (AvgIpc) is 2.57. The van der Waals surface area contributed by atoms with E-state index in [1.54, 1.807) is 0 Å². The molecular formula is C18H31N3O3. The zero-order chi connectivity index (χ0) is 17.0. The van der Waals surface area contributed by atoms with Crippen molar-refractivity contribution in [2.75, 3.05) is 39.3 Å². The van der Waals surface area contributed by atoms with E-state index in [-0.39, 0.29) is 24.9 Å². The van der Waals surface area contributed by atoms with Gasteiger partial charge < -0.3 is 15.3 Å². The molecule has 0 aromatic carbocycles. The van der Waals surface area contributed by atoms with Crippen molar-refractivity contribution in [2.45, 2.75) is 57.0 Å². The van der Waals surface area contributed by atoms with Gasteiger partial charge in [-0.2, -0.15) is 0 Å². The second-order valence-electron chi connectivity index (χ2n) is 7.78. The molecule has 0 bridgehead atoms. The molecule has 2 aliphatic heterocycles. The summed E-state index contributed by atoms with van der Waals surface area (Å²) >= 11 is 0. The van der Waals surface area contributed by atoms with E-state index in [1.807, 2.05) is 9.80 Å². The minimum Gasteiger partial charge on any atom is -0.379 e. The summed E-state index contributed by atoms with van der Waals surface area (Å²) in [6.45, 7) is 3.37. The minimum absolute atomic E-state index is 0.0257. The van der Waals surface area contributed by atoms with Crippen LogP contribution in [0.1, 0.15) is 51.4 Å². The maximum absolute atomic E-state index is 12.8. The third-order valence-corrected chi connectivity index (χ3v) is 5.84. The predicted molar refractivity (Wildman–Crippen MR) is 91.4 cm³/mol. The minimum atomic E-state index is -1.32. The molecule has 0 aromatic rings. The Hall–Kier alpha value is -1.14. The zero-order valence-corrected chi connectivity index (χ0v) is 14.6. The van der Waals surface area contributed by atoms with Crippen LogP contribution < -0.4 is 5.32 Å². The van der Waals surface area contributed by atoms with Gasteiger partial charge in [0, 0.05) is 32.7 Å². The number of carbonyl (C=O) groups is 2. The van der Waals surface area contributed by atoms with E-state index in [0.717, 1.165) is 31.8 Å². The molecule has 6 heteroatoms. The van der Waals surface area contributed by atoms with Crippen molar-refractivity contribution in [3.05, 3.63) is 0 Å². The Balaban J connectivity index is 1.53. The highest BCUT2D eigenvalue weighted by Crippen LogP contribution is 2.29. The highest BCUT2D eigenvalue weighted by atomic mass is 16.3. The first kappa shape index (κ1) is 17.7. The van der Waals surface area contributed by atoms with Crippen LogP contribution in [0.15, 0.2) is 0 Å². The fourth-order valence-corrected chi connectivity index (χ4v) is 4.44.